The lowest BCUT2D eigenvalue weighted by Crippen LogP contribution is -2.54. The summed E-state index contributed by atoms with van der Waals surface area (Å²) in [7, 11) is 0. The molecule has 0 aromatic heterocycles. The molecule has 0 heterocycles. The maximum absolute atomic E-state index is 14.2. The fourth-order valence-electron chi connectivity index (χ4n) is 12.4. The van der Waals surface area contributed by atoms with Gasteiger partial charge in [-0.2, -0.15) is 0 Å². The molecular formula is C89H160N10O23. The van der Waals surface area contributed by atoms with Gasteiger partial charge in [-0.1, -0.05) is 180 Å². The van der Waals surface area contributed by atoms with Gasteiger partial charge in [-0.15, -0.1) is 0 Å². The van der Waals surface area contributed by atoms with Crippen molar-refractivity contribution in [1.82, 2.24) is 53.2 Å². The monoisotopic (exact) mass is 1740 g/mol. The van der Waals surface area contributed by atoms with Crippen LogP contribution in [0.2, 0.25) is 0 Å². The minimum atomic E-state index is -0.975. The molecule has 0 spiro atoms. The van der Waals surface area contributed by atoms with Gasteiger partial charge in [-0.25, -0.2) is 0 Å². The lowest BCUT2D eigenvalue weighted by Gasteiger charge is -2.23. The second-order valence-electron chi connectivity index (χ2n) is 30.4. The highest BCUT2D eigenvalue weighted by Crippen LogP contribution is 2.17. The number of hydrogen-bond acceptors (Lipinski definition) is 23. The number of benzene rings is 1. The first kappa shape index (κ1) is 113. The number of nitrogens with one attached hydrogen (secondary N) is 10. The number of carbonyl (C=O) groups excluding carboxylic acids is 11. The van der Waals surface area contributed by atoms with Crippen LogP contribution in [-0.4, -0.2) is 280 Å². The molecule has 0 saturated carbocycles. The number of phenolic OH excluding ortho intramolecular Hbond substituents is 1. The summed E-state index contributed by atoms with van der Waals surface area (Å²) in [4.78, 5) is 136. The van der Waals surface area contributed by atoms with Crippen LogP contribution in [0.4, 0.5) is 0 Å². The van der Waals surface area contributed by atoms with Crippen LogP contribution in [-0.2, 0) is 111 Å². The van der Waals surface area contributed by atoms with E-state index in [1.54, 1.807) is 12.1 Å². The molecule has 33 heteroatoms. The predicted octanol–water partition coefficient (Wildman–Crippen LogP) is 7.69. The van der Waals surface area contributed by atoms with Gasteiger partial charge in [0.05, 0.1) is 85.8 Å². The van der Waals surface area contributed by atoms with Crippen LogP contribution < -0.4 is 53.2 Å². The van der Waals surface area contributed by atoms with E-state index in [4.69, 9.17) is 52.1 Å². The average Bonchev–Trinajstić information content (AvgIpc) is 0.865. The van der Waals surface area contributed by atoms with Crippen molar-refractivity contribution in [3.63, 3.8) is 0 Å². The fraction of sp³-hybridized carbons (Fsp3) is 0.809. The molecule has 0 bridgehead atoms. The predicted molar refractivity (Wildman–Crippen MR) is 467 cm³/mol. The standard InChI is InChI=1S/C89H160N10O23/c1-3-5-7-9-11-13-15-17-19-21-23-25-27-38-80(102)90-44-30-29-37-78(98-81(103)39-28-26-24-22-20-18-16-14-12-10-8-6-4-2)89(111)99-79(69-76-40-42-77(101)43-41-76)88(110)96-50-36-56-117-62-68-120-67-61-115-54-34-48-94-85(107)73-121-72-84(106)93-47-33-53-114-59-65-119-66-60-116-55-35-49-95-86(108)74-122-75-87(109)97-70-82(104)91-45-31-51-112-57-63-118-64-58-113-52-32-46-92-83(105)71-100/h40-43,71,78-79,101H,3-39,44-70,72-75H2,1-2H3,(H,90,102)(H,91,104)(H,92,105)(H,93,106)(H,94,107)(H,95,108)(H,96,110)(H,97,109)(H,98,103)(H,99,111)/t78-,79-/m0/s1. The van der Waals surface area contributed by atoms with Gasteiger partial charge in [0.2, 0.25) is 59.5 Å². The van der Waals surface area contributed by atoms with E-state index in [-0.39, 0.29) is 87.5 Å². The second kappa shape index (κ2) is 87.4. The molecule has 122 heavy (non-hydrogen) atoms. The Morgan fingerprint density at radius 1 is 0.287 bits per heavy atom. The first-order chi connectivity index (χ1) is 59.7. The smallest absolute Gasteiger partial charge is 0.284 e. The van der Waals surface area contributed by atoms with E-state index in [2.05, 4.69) is 67.0 Å². The van der Waals surface area contributed by atoms with Crippen LogP contribution in [0.1, 0.15) is 257 Å². The highest BCUT2D eigenvalue weighted by Gasteiger charge is 2.27. The van der Waals surface area contributed by atoms with Crippen molar-refractivity contribution in [3.8, 4) is 5.75 Å². The Balaban J connectivity index is 2.18. The highest BCUT2D eigenvalue weighted by molar-refractivity contribution is 6.23. The van der Waals surface area contributed by atoms with Crippen LogP contribution in [0.15, 0.2) is 24.3 Å². The Morgan fingerprint density at radius 3 is 0.959 bits per heavy atom. The molecule has 33 nitrogen and oxygen atoms in total. The summed E-state index contributed by atoms with van der Waals surface area (Å²) in [5.74, 6) is -3.63. The Hall–Kier alpha value is -7.05. The Morgan fingerprint density at radius 2 is 0.590 bits per heavy atom. The van der Waals surface area contributed by atoms with Crippen molar-refractivity contribution in [2.75, 3.05) is 198 Å². The maximum Gasteiger partial charge on any atom is 0.284 e. The fourth-order valence-corrected chi connectivity index (χ4v) is 12.4. The van der Waals surface area contributed by atoms with Crippen molar-refractivity contribution in [2.24, 2.45) is 0 Å². The number of carbonyl (C=O) groups is 11. The Labute approximate surface area is 728 Å². The summed E-state index contributed by atoms with van der Waals surface area (Å²) >= 11 is 0. The SMILES string of the molecule is CCCCCCCCCCCCCCCC(=O)NCCCC[C@H](NC(=O)CCCCCCCCCCCCCCC)C(=O)N[C@@H](Cc1ccc(O)cc1)C(=O)NCCCOCCOCCOCCCNC(=O)COCC(=O)NCCCOCCOCCOCCCNC(=O)COCC(=O)NCC(=O)NCCCOCCOCCOCCCNC(=O)C=O. The molecule has 0 saturated heterocycles. The molecule has 704 valence electrons. The average molecular weight is 1740 g/mol. The summed E-state index contributed by atoms with van der Waals surface area (Å²) in [6.45, 7) is 12.2. The van der Waals surface area contributed by atoms with Crippen LogP contribution >= 0.6 is 0 Å². The number of phenols is 1. The van der Waals surface area contributed by atoms with Crippen LogP contribution in [0, 0.1) is 0 Å². The van der Waals surface area contributed by atoms with Gasteiger partial charge < -0.3 is 110 Å². The first-order valence-electron chi connectivity index (χ1n) is 46.0. The van der Waals surface area contributed by atoms with Gasteiger partial charge in [0.1, 0.15) is 44.3 Å². The molecule has 1 rings (SSSR count). The van der Waals surface area contributed by atoms with E-state index in [1.165, 1.54) is 134 Å². The molecule has 1 aromatic carbocycles. The quantitative estimate of drug-likeness (QED) is 0.0169. The van der Waals surface area contributed by atoms with E-state index in [0.29, 0.717) is 229 Å². The second-order valence-corrected chi connectivity index (χ2v) is 30.4. The van der Waals surface area contributed by atoms with E-state index in [0.717, 1.165) is 50.5 Å². The third-order valence-electron chi connectivity index (χ3n) is 19.3. The molecular weight excluding hydrogens is 1580 g/mol. The third kappa shape index (κ3) is 78.9. The van der Waals surface area contributed by atoms with Crippen molar-refractivity contribution in [3.05, 3.63) is 29.8 Å². The molecule has 0 unspecified atom stereocenters. The van der Waals surface area contributed by atoms with Gasteiger partial charge in [0, 0.05) is 105 Å². The van der Waals surface area contributed by atoms with Gasteiger partial charge in [-0.3, -0.25) is 52.7 Å². The van der Waals surface area contributed by atoms with E-state index in [1.807, 2.05) is 0 Å². The number of hydrogen-bond donors (Lipinski definition) is 11. The highest BCUT2D eigenvalue weighted by atomic mass is 16.6. The zero-order chi connectivity index (χ0) is 88.6. The van der Waals surface area contributed by atoms with Gasteiger partial charge >= 0.3 is 0 Å². The molecule has 0 fully saturated rings. The van der Waals surface area contributed by atoms with E-state index in [9.17, 15) is 57.8 Å². The molecule has 0 aliphatic heterocycles. The zero-order valence-corrected chi connectivity index (χ0v) is 74.6. The number of ether oxygens (including phenoxy) is 11. The van der Waals surface area contributed by atoms with Crippen molar-refractivity contribution >= 4 is 65.4 Å². The molecule has 1 aromatic rings. The van der Waals surface area contributed by atoms with Crippen LogP contribution in [0.3, 0.4) is 0 Å². The van der Waals surface area contributed by atoms with Gasteiger partial charge in [0.15, 0.2) is 0 Å². The summed E-state index contributed by atoms with van der Waals surface area (Å²) in [6.07, 6.45) is 37.7. The molecule has 0 aliphatic rings. The van der Waals surface area contributed by atoms with Gasteiger partial charge in [0.25, 0.3) is 5.91 Å². The largest absolute Gasteiger partial charge is 0.508 e. The molecule has 0 radical (unpaired) electrons. The third-order valence-corrected chi connectivity index (χ3v) is 19.3. The topological polar surface area (TPSA) is 430 Å². The van der Waals surface area contributed by atoms with E-state index >= 15 is 0 Å². The molecule has 10 amide bonds. The normalized spacial score (nSPS) is 11.7. The molecule has 0 aliphatic carbocycles. The summed E-state index contributed by atoms with van der Waals surface area (Å²) in [5, 5.41) is 37.6. The number of aromatic hydroxyl groups is 1. The van der Waals surface area contributed by atoms with Crippen molar-refractivity contribution in [2.45, 2.75) is 270 Å². The number of unbranched alkanes of at least 4 members (excludes halogenated alkanes) is 25. The number of rotatable bonds is 92. The summed E-state index contributed by atoms with van der Waals surface area (Å²) in [5.41, 5.74) is 0.728. The minimum Gasteiger partial charge on any atom is -0.508 e. The maximum atomic E-state index is 14.2. The van der Waals surface area contributed by atoms with E-state index < -0.39 is 41.6 Å². The lowest BCUT2D eigenvalue weighted by molar-refractivity contribution is -0.133. The van der Waals surface area contributed by atoms with Crippen molar-refractivity contribution in [1.29, 1.82) is 0 Å². The number of amides is 10. The summed E-state index contributed by atoms with van der Waals surface area (Å²) < 4.78 is 60.2. The minimum absolute atomic E-state index is 0.0325. The first-order valence-corrected chi connectivity index (χ1v) is 46.0. The molecule has 11 N–H and O–H groups in total. The molecule has 2 atom stereocenters. The Kier molecular flexibility index (Phi) is 80.9. The lowest BCUT2D eigenvalue weighted by atomic mass is 10.0. The van der Waals surface area contributed by atoms with Gasteiger partial charge in [-0.05, 0) is 88.3 Å². The van der Waals surface area contributed by atoms with Crippen LogP contribution in [0.5, 0.6) is 5.75 Å². The number of aldehydes is 1. The summed E-state index contributed by atoms with van der Waals surface area (Å²) in [6, 6.07) is 4.62. The van der Waals surface area contributed by atoms with Crippen molar-refractivity contribution < 1.29 is 110 Å². The van der Waals surface area contributed by atoms with Crippen LogP contribution in [0.25, 0.3) is 0 Å². The zero-order valence-electron chi connectivity index (χ0n) is 74.6. The Bertz CT molecular complexity index is 2750.